The van der Waals surface area contributed by atoms with E-state index in [0.29, 0.717) is 31.8 Å². The van der Waals surface area contributed by atoms with Crippen molar-refractivity contribution in [1.82, 2.24) is 14.9 Å². The number of rotatable bonds is 4. The number of urea groups is 1. The van der Waals surface area contributed by atoms with Crippen LogP contribution < -0.4 is 10.6 Å². The largest absolute Gasteiger partial charge is 0.335 e. The zero-order chi connectivity index (χ0) is 16.4. The molecule has 126 valence electrons. The molecule has 2 amide bonds. The topological polar surface area (TPSA) is 78.5 Å². The average molecular weight is 337 g/mol. The second-order valence-electron chi connectivity index (χ2n) is 6.41. The molecule has 1 aromatic rings. The molecule has 1 heterocycles. The van der Waals surface area contributed by atoms with Crippen LogP contribution >= 0.6 is 0 Å². The van der Waals surface area contributed by atoms with Gasteiger partial charge in [-0.05, 0) is 24.8 Å². The van der Waals surface area contributed by atoms with Gasteiger partial charge in [0.15, 0.2) is 0 Å². The molecule has 1 saturated heterocycles. The Morgan fingerprint density at radius 1 is 1.13 bits per heavy atom. The van der Waals surface area contributed by atoms with Gasteiger partial charge in [0.25, 0.3) is 0 Å². The molecule has 3 rings (SSSR count). The standard InChI is InChI=1S/C16H23N3O3S/c1-23(21,22)19-9-7-13(8-10-19)17-16(20)18-15-11-14(15)12-5-3-2-4-6-12/h2-6,13-15H,7-11H2,1H3,(H2,17,18,20)/t14-,15+/m1/s1. The zero-order valence-electron chi connectivity index (χ0n) is 13.2. The van der Waals surface area contributed by atoms with Gasteiger partial charge < -0.3 is 10.6 Å². The molecule has 0 spiro atoms. The van der Waals surface area contributed by atoms with E-state index in [1.54, 1.807) is 0 Å². The number of piperidine rings is 1. The fourth-order valence-electron chi connectivity index (χ4n) is 3.15. The van der Waals surface area contributed by atoms with Gasteiger partial charge in [-0.25, -0.2) is 17.5 Å². The Morgan fingerprint density at radius 2 is 1.78 bits per heavy atom. The molecule has 6 nitrogen and oxygen atoms in total. The number of hydrogen-bond donors (Lipinski definition) is 2. The lowest BCUT2D eigenvalue weighted by atomic mass is 10.1. The Bertz CT molecular complexity index is 654. The summed E-state index contributed by atoms with van der Waals surface area (Å²) in [6.45, 7) is 0.944. The van der Waals surface area contributed by atoms with Crippen molar-refractivity contribution in [1.29, 1.82) is 0 Å². The fourth-order valence-corrected chi connectivity index (χ4v) is 4.02. The van der Waals surface area contributed by atoms with Crippen LogP contribution in [0.4, 0.5) is 4.79 Å². The number of amides is 2. The minimum Gasteiger partial charge on any atom is -0.335 e. The minimum atomic E-state index is -3.12. The fraction of sp³-hybridized carbons (Fsp3) is 0.562. The summed E-state index contributed by atoms with van der Waals surface area (Å²) < 4.78 is 24.4. The molecule has 1 aliphatic carbocycles. The van der Waals surface area contributed by atoms with E-state index in [-0.39, 0.29) is 18.1 Å². The minimum absolute atomic E-state index is 0.0434. The Labute approximate surface area is 137 Å². The third-order valence-corrected chi connectivity index (χ3v) is 5.90. The van der Waals surface area contributed by atoms with Crippen molar-refractivity contribution >= 4 is 16.1 Å². The smallest absolute Gasteiger partial charge is 0.315 e. The maximum Gasteiger partial charge on any atom is 0.315 e. The van der Waals surface area contributed by atoms with Crippen LogP contribution in [0.1, 0.15) is 30.7 Å². The van der Waals surface area contributed by atoms with E-state index >= 15 is 0 Å². The SMILES string of the molecule is CS(=O)(=O)N1CCC(NC(=O)N[C@H]2C[C@@H]2c2ccccc2)CC1. The zero-order valence-corrected chi connectivity index (χ0v) is 14.1. The molecule has 23 heavy (non-hydrogen) atoms. The molecular formula is C16H23N3O3S. The molecule has 2 aliphatic rings. The van der Waals surface area contributed by atoms with E-state index in [0.717, 1.165) is 6.42 Å². The summed E-state index contributed by atoms with van der Waals surface area (Å²) >= 11 is 0. The molecule has 0 bridgehead atoms. The van der Waals surface area contributed by atoms with Crippen LogP contribution in [0.25, 0.3) is 0 Å². The number of benzene rings is 1. The van der Waals surface area contributed by atoms with Gasteiger partial charge in [-0.2, -0.15) is 0 Å². The summed E-state index contributed by atoms with van der Waals surface area (Å²) in [6.07, 6.45) is 3.52. The van der Waals surface area contributed by atoms with Gasteiger partial charge in [0.1, 0.15) is 0 Å². The van der Waals surface area contributed by atoms with E-state index in [9.17, 15) is 13.2 Å². The van der Waals surface area contributed by atoms with Crippen LogP contribution in [0.15, 0.2) is 30.3 Å². The van der Waals surface area contributed by atoms with Gasteiger partial charge in [-0.15, -0.1) is 0 Å². The third kappa shape index (κ3) is 4.23. The highest BCUT2D eigenvalue weighted by molar-refractivity contribution is 7.88. The Balaban J connectivity index is 1.42. The van der Waals surface area contributed by atoms with Crippen LogP contribution in [-0.2, 0) is 10.0 Å². The van der Waals surface area contributed by atoms with Crippen LogP contribution in [0.5, 0.6) is 0 Å². The van der Waals surface area contributed by atoms with Gasteiger partial charge in [0, 0.05) is 31.1 Å². The van der Waals surface area contributed by atoms with E-state index in [4.69, 9.17) is 0 Å². The van der Waals surface area contributed by atoms with Gasteiger partial charge in [0.2, 0.25) is 10.0 Å². The molecule has 2 atom stereocenters. The number of carbonyl (C=O) groups is 1. The summed E-state index contributed by atoms with van der Waals surface area (Å²) in [5.41, 5.74) is 1.26. The normalized spacial score (nSPS) is 25.8. The lowest BCUT2D eigenvalue weighted by Crippen LogP contribution is -2.49. The number of hydrogen-bond acceptors (Lipinski definition) is 3. The molecule has 0 unspecified atom stereocenters. The van der Waals surface area contributed by atoms with Crippen LogP contribution in [0, 0.1) is 0 Å². The van der Waals surface area contributed by atoms with E-state index < -0.39 is 10.0 Å². The quantitative estimate of drug-likeness (QED) is 0.868. The number of nitrogens with one attached hydrogen (secondary N) is 2. The average Bonchev–Trinajstić information content (AvgIpc) is 3.27. The van der Waals surface area contributed by atoms with E-state index in [1.165, 1.54) is 16.1 Å². The molecule has 0 radical (unpaired) electrons. The summed E-state index contributed by atoms with van der Waals surface area (Å²) in [5, 5.41) is 5.97. The number of carbonyl (C=O) groups excluding carboxylic acids is 1. The van der Waals surface area contributed by atoms with E-state index in [1.807, 2.05) is 18.2 Å². The molecule has 7 heteroatoms. The summed E-state index contributed by atoms with van der Waals surface area (Å²) in [5.74, 6) is 0.411. The highest BCUT2D eigenvalue weighted by Gasteiger charge is 2.39. The first kappa shape index (κ1) is 16.3. The lowest BCUT2D eigenvalue weighted by Gasteiger charge is -2.30. The number of sulfonamides is 1. The highest BCUT2D eigenvalue weighted by atomic mass is 32.2. The van der Waals surface area contributed by atoms with Crippen molar-refractivity contribution in [2.24, 2.45) is 0 Å². The van der Waals surface area contributed by atoms with Crippen molar-refractivity contribution in [3.63, 3.8) is 0 Å². The second-order valence-corrected chi connectivity index (χ2v) is 8.40. The lowest BCUT2D eigenvalue weighted by molar-refractivity contribution is 0.227. The van der Waals surface area contributed by atoms with Crippen LogP contribution in [-0.4, -0.2) is 50.2 Å². The summed E-state index contributed by atoms with van der Waals surface area (Å²) in [7, 11) is -3.12. The predicted molar refractivity (Wildman–Crippen MR) is 88.7 cm³/mol. The molecule has 1 aliphatic heterocycles. The Hall–Kier alpha value is -1.60. The third-order valence-electron chi connectivity index (χ3n) is 4.59. The van der Waals surface area contributed by atoms with Gasteiger partial charge in [0.05, 0.1) is 6.26 Å². The van der Waals surface area contributed by atoms with Crippen molar-refractivity contribution in [3.8, 4) is 0 Å². The summed E-state index contributed by atoms with van der Waals surface area (Å²) in [4.78, 5) is 12.1. The maximum absolute atomic E-state index is 12.1. The van der Waals surface area contributed by atoms with Gasteiger partial charge in [-0.3, -0.25) is 0 Å². The first-order valence-corrected chi connectivity index (χ1v) is 9.85. The molecule has 0 aromatic heterocycles. The Morgan fingerprint density at radius 3 is 2.39 bits per heavy atom. The van der Waals surface area contributed by atoms with Crippen molar-refractivity contribution in [2.45, 2.75) is 37.3 Å². The van der Waals surface area contributed by atoms with Gasteiger partial charge >= 0.3 is 6.03 Å². The molecule has 1 saturated carbocycles. The van der Waals surface area contributed by atoms with E-state index in [2.05, 4.69) is 22.8 Å². The first-order valence-electron chi connectivity index (χ1n) is 8.00. The van der Waals surface area contributed by atoms with Crippen LogP contribution in [0.3, 0.4) is 0 Å². The predicted octanol–water partition coefficient (Wildman–Crippen LogP) is 1.27. The molecule has 2 fully saturated rings. The first-order chi connectivity index (χ1) is 10.9. The van der Waals surface area contributed by atoms with Crippen LogP contribution in [0.2, 0.25) is 0 Å². The second kappa shape index (κ2) is 6.49. The highest BCUT2D eigenvalue weighted by Crippen LogP contribution is 2.40. The Kier molecular flexibility index (Phi) is 4.59. The van der Waals surface area contributed by atoms with Crippen molar-refractivity contribution in [2.75, 3.05) is 19.3 Å². The molecule has 1 aromatic carbocycles. The maximum atomic E-state index is 12.1. The molecule has 2 N–H and O–H groups in total. The van der Waals surface area contributed by atoms with Crippen molar-refractivity contribution in [3.05, 3.63) is 35.9 Å². The van der Waals surface area contributed by atoms with Gasteiger partial charge in [-0.1, -0.05) is 30.3 Å². The monoisotopic (exact) mass is 337 g/mol. The summed E-state index contributed by atoms with van der Waals surface area (Å²) in [6, 6.07) is 10.3. The van der Waals surface area contributed by atoms with Crippen molar-refractivity contribution < 1.29 is 13.2 Å². The molecular weight excluding hydrogens is 314 g/mol. The number of nitrogens with zero attached hydrogens (tertiary/aromatic N) is 1.